The zero-order valence-electron chi connectivity index (χ0n) is 6.24. The maximum Gasteiger partial charge on any atom is 0.138 e. The van der Waals surface area contributed by atoms with Crippen molar-refractivity contribution in [3.05, 3.63) is 35.2 Å². The Morgan fingerprint density at radius 1 is 1.58 bits per heavy atom. The Labute approximate surface area is 74.2 Å². The summed E-state index contributed by atoms with van der Waals surface area (Å²) in [6.07, 6.45) is 3.42. The van der Waals surface area contributed by atoms with E-state index in [1.165, 1.54) is 0 Å². The van der Waals surface area contributed by atoms with E-state index in [0.29, 0.717) is 5.02 Å². The van der Waals surface area contributed by atoms with Gasteiger partial charge in [0.15, 0.2) is 0 Å². The van der Waals surface area contributed by atoms with E-state index in [4.69, 9.17) is 16.7 Å². The van der Waals surface area contributed by atoms with Crippen molar-refractivity contribution < 1.29 is 5.11 Å². The first-order valence-electron chi connectivity index (χ1n) is 3.53. The molecule has 1 N–H and O–H groups in total. The summed E-state index contributed by atoms with van der Waals surface area (Å²) >= 11 is 5.76. The number of aliphatic hydroxyl groups excluding tert-OH is 1. The number of halogens is 1. The fraction of sp³-hybridized carbons (Fsp3) is 0.125. The lowest BCUT2D eigenvalue weighted by Gasteiger charge is -1.96. The molecule has 2 aromatic heterocycles. The van der Waals surface area contributed by atoms with Crippen LogP contribution < -0.4 is 0 Å². The molecule has 0 saturated heterocycles. The van der Waals surface area contributed by atoms with E-state index in [2.05, 4.69) is 4.98 Å². The van der Waals surface area contributed by atoms with E-state index in [-0.39, 0.29) is 6.61 Å². The second kappa shape index (κ2) is 2.77. The van der Waals surface area contributed by atoms with E-state index < -0.39 is 0 Å². The molecule has 0 aliphatic carbocycles. The smallest absolute Gasteiger partial charge is 0.138 e. The van der Waals surface area contributed by atoms with Crippen molar-refractivity contribution in [3.63, 3.8) is 0 Å². The molecule has 0 aliphatic heterocycles. The normalized spacial score (nSPS) is 10.8. The molecular formula is C8H7ClN2O. The number of imidazole rings is 1. The lowest BCUT2D eigenvalue weighted by molar-refractivity contribution is 0.276. The van der Waals surface area contributed by atoms with Crippen molar-refractivity contribution in [1.82, 2.24) is 9.38 Å². The molecule has 0 radical (unpaired) electrons. The van der Waals surface area contributed by atoms with Crippen LogP contribution in [-0.2, 0) is 6.61 Å². The van der Waals surface area contributed by atoms with Crippen molar-refractivity contribution in [2.45, 2.75) is 6.61 Å². The first kappa shape index (κ1) is 7.58. The molecule has 0 amide bonds. The van der Waals surface area contributed by atoms with Crippen LogP contribution in [0.25, 0.3) is 5.65 Å². The van der Waals surface area contributed by atoms with E-state index >= 15 is 0 Å². The van der Waals surface area contributed by atoms with Crippen LogP contribution in [-0.4, -0.2) is 14.5 Å². The number of aromatic nitrogens is 2. The van der Waals surface area contributed by atoms with Gasteiger partial charge in [0, 0.05) is 11.2 Å². The minimum Gasteiger partial charge on any atom is -0.390 e. The van der Waals surface area contributed by atoms with Gasteiger partial charge in [-0.15, -0.1) is 0 Å². The lowest BCUT2D eigenvalue weighted by atomic mass is 10.4. The van der Waals surface area contributed by atoms with E-state index in [1.54, 1.807) is 28.9 Å². The van der Waals surface area contributed by atoms with Crippen LogP contribution >= 0.6 is 11.6 Å². The number of fused-ring (bicyclic) bond motifs is 1. The molecule has 2 aromatic rings. The zero-order valence-corrected chi connectivity index (χ0v) is 6.99. The predicted octanol–water partition coefficient (Wildman–Crippen LogP) is 1.48. The van der Waals surface area contributed by atoms with Crippen molar-refractivity contribution in [2.75, 3.05) is 0 Å². The number of hydrogen-bond acceptors (Lipinski definition) is 2. The first-order chi connectivity index (χ1) is 5.81. The van der Waals surface area contributed by atoms with Gasteiger partial charge in [-0.3, -0.25) is 0 Å². The van der Waals surface area contributed by atoms with Gasteiger partial charge in [0.2, 0.25) is 0 Å². The Morgan fingerprint density at radius 3 is 3.17 bits per heavy atom. The fourth-order valence-electron chi connectivity index (χ4n) is 1.13. The Morgan fingerprint density at radius 2 is 2.42 bits per heavy atom. The van der Waals surface area contributed by atoms with Crippen LogP contribution in [0, 0.1) is 0 Å². The molecule has 0 bridgehead atoms. The highest BCUT2D eigenvalue weighted by atomic mass is 35.5. The summed E-state index contributed by atoms with van der Waals surface area (Å²) in [7, 11) is 0. The average molecular weight is 183 g/mol. The molecule has 62 valence electrons. The topological polar surface area (TPSA) is 37.5 Å². The van der Waals surface area contributed by atoms with E-state index in [0.717, 1.165) is 11.3 Å². The molecule has 12 heavy (non-hydrogen) atoms. The van der Waals surface area contributed by atoms with E-state index in [1.807, 2.05) is 0 Å². The largest absolute Gasteiger partial charge is 0.390 e. The third kappa shape index (κ3) is 1.07. The molecule has 2 heterocycles. The zero-order chi connectivity index (χ0) is 8.55. The minimum atomic E-state index is -0.0111. The lowest BCUT2D eigenvalue weighted by Crippen LogP contribution is -1.90. The summed E-state index contributed by atoms with van der Waals surface area (Å²) < 4.78 is 1.80. The molecule has 4 heteroatoms. The Hall–Kier alpha value is -1.06. The monoisotopic (exact) mass is 182 g/mol. The Kier molecular flexibility index (Phi) is 1.75. The maximum atomic E-state index is 8.90. The van der Waals surface area contributed by atoms with Crippen molar-refractivity contribution in [1.29, 1.82) is 0 Å². The summed E-state index contributed by atoms with van der Waals surface area (Å²) in [6, 6.07) is 3.51. The van der Waals surface area contributed by atoms with Crippen LogP contribution in [0.4, 0.5) is 0 Å². The summed E-state index contributed by atoms with van der Waals surface area (Å²) in [6.45, 7) is -0.0111. The summed E-state index contributed by atoms with van der Waals surface area (Å²) in [4.78, 5) is 4.07. The molecule has 0 saturated carbocycles. The second-order valence-corrected chi connectivity index (χ2v) is 2.92. The molecule has 0 aromatic carbocycles. The number of aliphatic hydroxyl groups is 1. The number of nitrogens with zero attached hydrogens (tertiary/aromatic N) is 2. The highest BCUT2D eigenvalue weighted by Gasteiger charge is 2.00. The van der Waals surface area contributed by atoms with Crippen molar-refractivity contribution >= 4 is 17.2 Å². The van der Waals surface area contributed by atoms with Crippen LogP contribution in [0.15, 0.2) is 24.5 Å². The molecule has 0 unspecified atom stereocenters. The number of hydrogen-bond donors (Lipinski definition) is 1. The molecule has 0 aliphatic rings. The highest BCUT2D eigenvalue weighted by Crippen LogP contribution is 2.12. The third-order valence-electron chi connectivity index (χ3n) is 1.71. The first-order valence-corrected chi connectivity index (χ1v) is 3.91. The maximum absolute atomic E-state index is 8.90. The molecular weight excluding hydrogens is 176 g/mol. The van der Waals surface area contributed by atoms with E-state index in [9.17, 15) is 0 Å². The van der Waals surface area contributed by atoms with Crippen LogP contribution in [0.3, 0.4) is 0 Å². The fourth-order valence-corrected chi connectivity index (χ4v) is 1.28. The van der Waals surface area contributed by atoms with Crippen LogP contribution in [0.2, 0.25) is 5.02 Å². The number of pyridine rings is 1. The van der Waals surface area contributed by atoms with Crippen molar-refractivity contribution in [2.24, 2.45) is 0 Å². The molecule has 0 fully saturated rings. The number of rotatable bonds is 1. The van der Waals surface area contributed by atoms with Crippen molar-refractivity contribution in [3.8, 4) is 0 Å². The van der Waals surface area contributed by atoms with Gasteiger partial charge in [0.1, 0.15) is 5.65 Å². The quantitative estimate of drug-likeness (QED) is 0.726. The molecule has 3 nitrogen and oxygen atoms in total. The summed E-state index contributed by atoms with van der Waals surface area (Å²) in [5.74, 6) is 0. The van der Waals surface area contributed by atoms with Gasteiger partial charge in [-0.25, -0.2) is 4.98 Å². The highest BCUT2D eigenvalue weighted by molar-refractivity contribution is 6.30. The van der Waals surface area contributed by atoms with Gasteiger partial charge in [-0.05, 0) is 12.1 Å². The average Bonchev–Trinajstić information content (AvgIpc) is 2.46. The minimum absolute atomic E-state index is 0.0111. The van der Waals surface area contributed by atoms with Gasteiger partial charge in [-0.1, -0.05) is 11.6 Å². The molecule has 2 rings (SSSR count). The second-order valence-electron chi connectivity index (χ2n) is 2.48. The molecule has 0 spiro atoms. The SMILES string of the molecule is OCc1cnc2cc(Cl)ccn12. The Bertz CT molecular complexity index is 410. The predicted molar refractivity (Wildman–Crippen MR) is 46.1 cm³/mol. The van der Waals surface area contributed by atoms with Crippen LogP contribution in [0.5, 0.6) is 0 Å². The summed E-state index contributed by atoms with van der Waals surface area (Å²) in [5.41, 5.74) is 1.52. The van der Waals surface area contributed by atoms with Gasteiger partial charge in [0.05, 0.1) is 18.5 Å². The third-order valence-corrected chi connectivity index (χ3v) is 1.95. The van der Waals surface area contributed by atoms with Gasteiger partial charge < -0.3 is 9.51 Å². The summed E-state index contributed by atoms with van der Waals surface area (Å²) in [5, 5.41) is 9.55. The van der Waals surface area contributed by atoms with Crippen LogP contribution in [0.1, 0.15) is 5.69 Å². The van der Waals surface area contributed by atoms with Gasteiger partial charge in [0.25, 0.3) is 0 Å². The standard InChI is InChI=1S/C8H7ClN2O/c9-6-1-2-11-7(5-12)4-10-8(11)3-6/h1-4,12H,5H2. The molecule has 0 atom stereocenters. The Balaban J connectivity index is 2.73. The van der Waals surface area contributed by atoms with Gasteiger partial charge in [-0.2, -0.15) is 0 Å². The van der Waals surface area contributed by atoms with Gasteiger partial charge >= 0.3 is 0 Å².